The molecule has 3 aromatic carbocycles. The SMILES string of the molecule is COc1ccc(C)cc1S(=O)(=O)N(CC(=O)NCc1ccc(S(=O)(=O)N2CCCC2)cc1)c1ccc(Cl)cc1. The van der Waals surface area contributed by atoms with Crippen molar-refractivity contribution in [1.29, 1.82) is 0 Å². The lowest BCUT2D eigenvalue weighted by atomic mass is 10.2. The molecule has 0 atom stereocenters. The fourth-order valence-electron chi connectivity index (χ4n) is 4.27. The van der Waals surface area contributed by atoms with E-state index in [0.717, 1.165) is 17.1 Å². The van der Waals surface area contributed by atoms with Crippen LogP contribution in [0.5, 0.6) is 5.75 Å². The highest BCUT2D eigenvalue weighted by molar-refractivity contribution is 7.93. The van der Waals surface area contributed by atoms with Gasteiger partial charge in [0.15, 0.2) is 0 Å². The topological polar surface area (TPSA) is 113 Å². The van der Waals surface area contributed by atoms with Gasteiger partial charge in [0.2, 0.25) is 15.9 Å². The molecule has 0 aliphatic carbocycles. The molecule has 1 aliphatic rings. The van der Waals surface area contributed by atoms with E-state index >= 15 is 0 Å². The van der Waals surface area contributed by atoms with Gasteiger partial charge in [0.1, 0.15) is 17.2 Å². The van der Waals surface area contributed by atoms with E-state index in [9.17, 15) is 21.6 Å². The van der Waals surface area contributed by atoms with E-state index in [2.05, 4.69) is 5.32 Å². The minimum Gasteiger partial charge on any atom is -0.495 e. The Morgan fingerprint density at radius 2 is 1.62 bits per heavy atom. The van der Waals surface area contributed by atoms with Crippen LogP contribution in [0.3, 0.4) is 0 Å². The zero-order chi connectivity index (χ0) is 28.2. The van der Waals surface area contributed by atoms with E-state index in [1.54, 1.807) is 43.3 Å². The van der Waals surface area contributed by atoms with Gasteiger partial charge in [0.25, 0.3) is 10.0 Å². The predicted octanol–water partition coefficient (Wildman–Crippen LogP) is 3.95. The van der Waals surface area contributed by atoms with Gasteiger partial charge >= 0.3 is 0 Å². The second kappa shape index (κ2) is 12.0. The van der Waals surface area contributed by atoms with Gasteiger partial charge in [-0.1, -0.05) is 29.8 Å². The molecule has 0 spiro atoms. The Labute approximate surface area is 234 Å². The predicted molar refractivity (Wildman–Crippen MR) is 150 cm³/mol. The number of aryl methyl sites for hydroxylation is 1. The van der Waals surface area contributed by atoms with Gasteiger partial charge in [0, 0.05) is 24.7 Å². The average Bonchev–Trinajstić information content (AvgIpc) is 3.48. The van der Waals surface area contributed by atoms with Crippen LogP contribution in [0.25, 0.3) is 0 Å². The van der Waals surface area contributed by atoms with Crippen molar-refractivity contribution in [2.75, 3.05) is 31.0 Å². The maximum Gasteiger partial charge on any atom is 0.268 e. The monoisotopic (exact) mass is 591 g/mol. The van der Waals surface area contributed by atoms with Crippen LogP contribution in [0.2, 0.25) is 5.02 Å². The Morgan fingerprint density at radius 3 is 2.23 bits per heavy atom. The van der Waals surface area contributed by atoms with Crippen LogP contribution >= 0.6 is 11.6 Å². The fourth-order valence-corrected chi connectivity index (χ4v) is 7.58. The molecular formula is C27H30ClN3O6S2. The zero-order valence-corrected chi connectivity index (χ0v) is 24.0. The van der Waals surface area contributed by atoms with E-state index in [1.165, 1.54) is 41.7 Å². The van der Waals surface area contributed by atoms with Crippen LogP contribution in [-0.2, 0) is 31.4 Å². The normalized spacial score (nSPS) is 14.2. The third kappa shape index (κ3) is 6.55. The standard InChI is InChI=1S/C27H30ClN3O6S2/c1-20-5-14-25(37-2)26(17-20)39(35,36)31(23-10-8-22(28)9-11-23)19-27(32)29-18-21-6-12-24(13-7-21)38(33,34)30-15-3-4-16-30/h5-14,17H,3-4,15-16,18-19H2,1-2H3,(H,29,32). The highest BCUT2D eigenvalue weighted by atomic mass is 35.5. The van der Waals surface area contributed by atoms with Crippen LogP contribution < -0.4 is 14.4 Å². The third-order valence-corrected chi connectivity index (χ3v) is 10.4. The molecular weight excluding hydrogens is 562 g/mol. The average molecular weight is 592 g/mol. The summed E-state index contributed by atoms with van der Waals surface area (Å²) in [6.45, 7) is 2.39. The van der Waals surface area contributed by atoms with Gasteiger partial charge in [-0.3, -0.25) is 9.10 Å². The number of anilines is 1. The van der Waals surface area contributed by atoms with Gasteiger partial charge in [-0.15, -0.1) is 0 Å². The first kappa shape index (κ1) is 28.9. The molecule has 1 heterocycles. The molecule has 39 heavy (non-hydrogen) atoms. The molecule has 1 fully saturated rings. The van der Waals surface area contributed by atoms with Gasteiger partial charge in [-0.2, -0.15) is 4.31 Å². The Kier molecular flexibility index (Phi) is 8.85. The fraction of sp³-hybridized carbons (Fsp3) is 0.296. The Bertz CT molecular complexity index is 1540. The highest BCUT2D eigenvalue weighted by Crippen LogP contribution is 2.31. The van der Waals surface area contributed by atoms with Gasteiger partial charge in [0.05, 0.1) is 17.7 Å². The second-order valence-corrected chi connectivity index (χ2v) is 13.4. The number of hydrogen-bond acceptors (Lipinski definition) is 6. The lowest BCUT2D eigenvalue weighted by Gasteiger charge is -2.25. The van der Waals surface area contributed by atoms with Gasteiger partial charge in [-0.05, 0) is 79.4 Å². The molecule has 1 N–H and O–H groups in total. The molecule has 208 valence electrons. The van der Waals surface area contributed by atoms with Crippen molar-refractivity contribution in [2.45, 2.75) is 36.1 Å². The number of ether oxygens (including phenoxy) is 1. The van der Waals surface area contributed by atoms with Gasteiger partial charge < -0.3 is 10.1 Å². The number of rotatable bonds is 10. The van der Waals surface area contributed by atoms with Gasteiger partial charge in [-0.25, -0.2) is 16.8 Å². The summed E-state index contributed by atoms with van der Waals surface area (Å²) in [5.41, 5.74) is 1.64. The first-order valence-electron chi connectivity index (χ1n) is 12.3. The number of nitrogens with one attached hydrogen (secondary N) is 1. The molecule has 4 rings (SSSR count). The number of benzene rings is 3. The number of sulfonamides is 2. The largest absolute Gasteiger partial charge is 0.495 e. The van der Waals surface area contributed by atoms with Crippen LogP contribution in [0.4, 0.5) is 5.69 Å². The third-order valence-electron chi connectivity index (χ3n) is 6.40. The molecule has 0 aromatic heterocycles. The minimum atomic E-state index is -4.21. The summed E-state index contributed by atoms with van der Waals surface area (Å²) < 4.78 is 60.8. The van der Waals surface area contributed by atoms with Crippen molar-refractivity contribution in [3.63, 3.8) is 0 Å². The Morgan fingerprint density at radius 1 is 0.974 bits per heavy atom. The molecule has 1 amide bonds. The Balaban J connectivity index is 1.52. The highest BCUT2D eigenvalue weighted by Gasteiger charge is 2.30. The molecule has 0 unspecified atom stereocenters. The summed E-state index contributed by atoms with van der Waals surface area (Å²) in [6.07, 6.45) is 1.70. The summed E-state index contributed by atoms with van der Waals surface area (Å²) >= 11 is 6.01. The molecule has 0 bridgehead atoms. The number of halogens is 1. The van der Waals surface area contributed by atoms with E-state index in [0.29, 0.717) is 29.2 Å². The summed E-state index contributed by atoms with van der Waals surface area (Å²) in [5, 5.41) is 3.15. The van der Waals surface area contributed by atoms with E-state index < -0.39 is 32.5 Å². The van der Waals surface area contributed by atoms with E-state index in [-0.39, 0.29) is 27.8 Å². The number of amides is 1. The van der Waals surface area contributed by atoms with E-state index in [4.69, 9.17) is 16.3 Å². The van der Waals surface area contributed by atoms with Crippen molar-refractivity contribution >= 4 is 43.2 Å². The van der Waals surface area contributed by atoms with Crippen LogP contribution in [0.15, 0.2) is 76.5 Å². The second-order valence-electron chi connectivity index (χ2n) is 9.17. The molecule has 1 aliphatic heterocycles. The summed E-state index contributed by atoms with van der Waals surface area (Å²) in [7, 11) is -6.36. The molecule has 0 saturated carbocycles. The maximum absolute atomic E-state index is 13.8. The van der Waals surface area contributed by atoms with Crippen LogP contribution in [-0.4, -0.2) is 53.8 Å². The smallest absolute Gasteiger partial charge is 0.268 e. The number of nitrogens with zero attached hydrogens (tertiary/aromatic N) is 2. The zero-order valence-electron chi connectivity index (χ0n) is 21.6. The summed E-state index contributed by atoms with van der Waals surface area (Å²) in [6, 6.07) is 17.2. The van der Waals surface area contributed by atoms with Crippen molar-refractivity contribution in [1.82, 2.24) is 9.62 Å². The lowest BCUT2D eigenvalue weighted by Crippen LogP contribution is -2.40. The maximum atomic E-state index is 13.8. The lowest BCUT2D eigenvalue weighted by molar-refractivity contribution is -0.119. The molecule has 0 radical (unpaired) electrons. The number of carbonyl (C=O) groups is 1. The Hall–Kier alpha value is -3.12. The summed E-state index contributed by atoms with van der Waals surface area (Å²) in [5.74, 6) is -0.391. The number of hydrogen-bond donors (Lipinski definition) is 1. The van der Waals surface area contributed by atoms with Crippen molar-refractivity contribution in [3.8, 4) is 5.75 Å². The van der Waals surface area contributed by atoms with Crippen molar-refractivity contribution in [3.05, 3.63) is 82.9 Å². The molecule has 9 nitrogen and oxygen atoms in total. The first-order valence-corrected chi connectivity index (χ1v) is 15.6. The van der Waals surface area contributed by atoms with Crippen molar-refractivity contribution in [2.24, 2.45) is 0 Å². The van der Waals surface area contributed by atoms with Crippen LogP contribution in [0.1, 0.15) is 24.0 Å². The number of methoxy groups -OCH3 is 1. The minimum absolute atomic E-state index is 0.0671. The quantitative estimate of drug-likeness (QED) is 0.382. The molecule has 3 aromatic rings. The molecule has 12 heteroatoms. The van der Waals surface area contributed by atoms with E-state index in [1.807, 2.05) is 0 Å². The first-order chi connectivity index (χ1) is 18.5. The number of carbonyl (C=O) groups excluding carboxylic acids is 1. The van der Waals surface area contributed by atoms with Crippen molar-refractivity contribution < 1.29 is 26.4 Å². The summed E-state index contributed by atoms with van der Waals surface area (Å²) in [4.78, 5) is 13.1. The molecule has 1 saturated heterocycles. The van der Waals surface area contributed by atoms with Crippen LogP contribution in [0, 0.1) is 6.92 Å².